The first kappa shape index (κ1) is 53.5. The number of aliphatic hydroxyl groups is 1. The second kappa shape index (κ2) is 43.6. The fourth-order valence-electron chi connectivity index (χ4n) is 5.27. The van der Waals surface area contributed by atoms with Gasteiger partial charge in [0, 0.05) is 6.61 Å². The molecule has 0 aliphatic heterocycles. The van der Waals surface area contributed by atoms with Crippen molar-refractivity contribution >= 4 is 0 Å². The lowest BCUT2D eigenvalue weighted by Crippen LogP contribution is -2.29. The topological polar surface area (TPSA) is 122 Å². The summed E-state index contributed by atoms with van der Waals surface area (Å²) in [6.07, 6.45) is 17.6. The molecular weight excluding hydrogens is 696 g/mol. The summed E-state index contributed by atoms with van der Waals surface area (Å²) in [6.45, 7) is 21.1. The molecule has 12 heteroatoms. The van der Waals surface area contributed by atoms with Crippen molar-refractivity contribution in [1.29, 1.82) is 0 Å². The van der Waals surface area contributed by atoms with Gasteiger partial charge in [-0.25, -0.2) is 0 Å². The average molecular weight is 783 g/mol. The maximum absolute atomic E-state index is 8.62. The van der Waals surface area contributed by atoms with Crippen molar-refractivity contribution in [2.45, 2.75) is 156 Å². The minimum Gasteiger partial charge on any atom is -0.394 e. The predicted molar refractivity (Wildman–Crippen MR) is 215 cm³/mol. The Hall–Kier alpha value is -0.480. The quantitative estimate of drug-likeness (QED) is 0.0629. The Kier molecular flexibility index (Phi) is 43.3. The van der Waals surface area contributed by atoms with E-state index in [9.17, 15) is 0 Å². The molecule has 0 radical (unpaired) electrons. The minimum atomic E-state index is -0.0540. The SMILES string of the molecule is CCCCCCCCCCCCCCCOCC(C)OCC(C)OCC(C)OCC(C)OCC(C)OCCOCCOCCOCCOCCOCCO. The highest BCUT2D eigenvalue weighted by atomic mass is 16.6. The largest absolute Gasteiger partial charge is 0.394 e. The van der Waals surface area contributed by atoms with Crippen LogP contribution in [0.1, 0.15) is 125 Å². The Morgan fingerprint density at radius 1 is 0.296 bits per heavy atom. The van der Waals surface area contributed by atoms with Gasteiger partial charge in [-0.15, -0.1) is 0 Å². The third kappa shape index (κ3) is 42.7. The second-order valence-corrected chi connectivity index (χ2v) is 14.4. The van der Waals surface area contributed by atoms with Gasteiger partial charge in [-0.05, 0) is 41.0 Å². The van der Waals surface area contributed by atoms with Gasteiger partial charge in [0.1, 0.15) is 0 Å². The van der Waals surface area contributed by atoms with Crippen LogP contribution >= 0.6 is 0 Å². The van der Waals surface area contributed by atoms with E-state index in [-0.39, 0.29) is 37.1 Å². The van der Waals surface area contributed by atoms with E-state index >= 15 is 0 Å². The van der Waals surface area contributed by atoms with Crippen LogP contribution in [0.4, 0.5) is 0 Å². The summed E-state index contributed by atoms with van der Waals surface area (Å²) in [5.41, 5.74) is 0. The molecule has 0 aromatic carbocycles. The van der Waals surface area contributed by atoms with E-state index < -0.39 is 0 Å². The van der Waals surface area contributed by atoms with E-state index in [0.29, 0.717) is 106 Å². The molecule has 0 saturated heterocycles. The maximum Gasteiger partial charge on any atom is 0.0781 e. The third-order valence-corrected chi connectivity index (χ3v) is 8.56. The van der Waals surface area contributed by atoms with Gasteiger partial charge in [-0.2, -0.15) is 0 Å². The summed E-state index contributed by atoms with van der Waals surface area (Å²) in [5.74, 6) is 0. The maximum atomic E-state index is 8.62. The van der Waals surface area contributed by atoms with Gasteiger partial charge in [-0.1, -0.05) is 84.0 Å². The van der Waals surface area contributed by atoms with Crippen LogP contribution in [0.2, 0.25) is 0 Å². The van der Waals surface area contributed by atoms with Crippen LogP contribution in [0.5, 0.6) is 0 Å². The second-order valence-electron chi connectivity index (χ2n) is 14.4. The molecule has 0 spiro atoms. The number of hydrogen-bond donors (Lipinski definition) is 1. The van der Waals surface area contributed by atoms with E-state index in [2.05, 4.69) is 13.8 Å². The molecule has 5 atom stereocenters. The summed E-state index contributed by atoms with van der Waals surface area (Å²) in [4.78, 5) is 0. The highest BCUT2D eigenvalue weighted by Crippen LogP contribution is 2.12. The van der Waals surface area contributed by atoms with E-state index in [1.807, 2.05) is 27.7 Å². The van der Waals surface area contributed by atoms with Crippen molar-refractivity contribution in [3.63, 3.8) is 0 Å². The number of unbranched alkanes of at least 4 members (excludes halogenated alkanes) is 12. The molecule has 0 rings (SSSR count). The Balaban J connectivity index is 3.51. The van der Waals surface area contributed by atoms with Crippen LogP contribution in [-0.2, 0) is 52.1 Å². The zero-order chi connectivity index (χ0) is 39.6. The highest BCUT2D eigenvalue weighted by Gasteiger charge is 2.13. The molecule has 5 unspecified atom stereocenters. The van der Waals surface area contributed by atoms with Gasteiger partial charge in [0.2, 0.25) is 0 Å². The molecule has 326 valence electrons. The van der Waals surface area contributed by atoms with Crippen molar-refractivity contribution in [2.75, 3.05) is 119 Å². The van der Waals surface area contributed by atoms with Gasteiger partial charge in [0.05, 0.1) is 143 Å². The average Bonchev–Trinajstić information content (AvgIpc) is 3.17. The lowest BCUT2D eigenvalue weighted by molar-refractivity contribution is -0.101. The normalized spacial score (nSPS) is 14.7. The zero-order valence-corrected chi connectivity index (χ0v) is 35.7. The van der Waals surface area contributed by atoms with Crippen LogP contribution in [0, 0.1) is 0 Å². The summed E-state index contributed by atoms with van der Waals surface area (Å²) < 4.78 is 62.3. The van der Waals surface area contributed by atoms with Crippen LogP contribution < -0.4 is 0 Å². The molecule has 54 heavy (non-hydrogen) atoms. The fraction of sp³-hybridized carbons (Fsp3) is 1.00. The van der Waals surface area contributed by atoms with Gasteiger partial charge in [-0.3, -0.25) is 0 Å². The molecule has 0 fully saturated rings. The van der Waals surface area contributed by atoms with E-state index in [0.717, 1.165) is 13.0 Å². The molecule has 0 saturated carbocycles. The smallest absolute Gasteiger partial charge is 0.0781 e. The first-order valence-corrected chi connectivity index (χ1v) is 21.5. The number of ether oxygens (including phenoxy) is 11. The van der Waals surface area contributed by atoms with Crippen LogP contribution in [-0.4, -0.2) is 155 Å². The molecule has 0 heterocycles. The standard InChI is InChI=1S/C42H86O12/c1-7-8-9-10-11-12-13-14-15-16-17-18-19-21-49-33-38(2)51-35-40(4)53-37-42(6)54-36-41(5)52-34-39(3)50-32-31-48-30-29-47-28-27-46-26-25-45-24-23-44-22-20-43/h38-43H,7-37H2,1-6H3. The van der Waals surface area contributed by atoms with E-state index in [1.165, 1.54) is 77.0 Å². The molecule has 0 aliphatic rings. The highest BCUT2D eigenvalue weighted by molar-refractivity contribution is 4.58. The zero-order valence-electron chi connectivity index (χ0n) is 35.7. The third-order valence-electron chi connectivity index (χ3n) is 8.56. The van der Waals surface area contributed by atoms with Crippen molar-refractivity contribution in [1.82, 2.24) is 0 Å². The Bertz CT molecular complexity index is 706. The monoisotopic (exact) mass is 783 g/mol. The Morgan fingerprint density at radius 3 is 0.963 bits per heavy atom. The minimum absolute atomic E-state index is 0.0192. The Labute approximate surface area is 331 Å². The molecule has 0 aromatic rings. The molecule has 0 aliphatic carbocycles. The molecule has 0 bridgehead atoms. The number of hydrogen-bond acceptors (Lipinski definition) is 12. The summed E-state index contributed by atoms with van der Waals surface area (Å²) >= 11 is 0. The molecule has 0 aromatic heterocycles. The molecule has 0 amide bonds. The summed E-state index contributed by atoms with van der Waals surface area (Å²) in [5, 5.41) is 8.62. The lowest BCUT2D eigenvalue weighted by atomic mass is 10.0. The molecular formula is C42H86O12. The lowest BCUT2D eigenvalue weighted by Gasteiger charge is -2.22. The molecule has 12 nitrogen and oxygen atoms in total. The molecule has 1 N–H and O–H groups in total. The van der Waals surface area contributed by atoms with Crippen LogP contribution in [0.25, 0.3) is 0 Å². The Morgan fingerprint density at radius 2 is 0.593 bits per heavy atom. The predicted octanol–water partition coefficient (Wildman–Crippen LogP) is 7.20. The van der Waals surface area contributed by atoms with Crippen molar-refractivity contribution in [3.8, 4) is 0 Å². The fourth-order valence-corrected chi connectivity index (χ4v) is 5.27. The number of rotatable bonds is 46. The van der Waals surface area contributed by atoms with Gasteiger partial charge in [0.25, 0.3) is 0 Å². The number of aliphatic hydroxyl groups excluding tert-OH is 1. The van der Waals surface area contributed by atoms with E-state index in [4.69, 9.17) is 57.2 Å². The van der Waals surface area contributed by atoms with Crippen LogP contribution in [0.15, 0.2) is 0 Å². The van der Waals surface area contributed by atoms with Crippen molar-refractivity contribution in [2.24, 2.45) is 0 Å². The van der Waals surface area contributed by atoms with Gasteiger partial charge in [0.15, 0.2) is 0 Å². The first-order valence-electron chi connectivity index (χ1n) is 21.5. The van der Waals surface area contributed by atoms with Gasteiger partial charge >= 0.3 is 0 Å². The summed E-state index contributed by atoms with van der Waals surface area (Å²) in [7, 11) is 0. The first-order chi connectivity index (χ1) is 26.4. The van der Waals surface area contributed by atoms with Gasteiger partial charge < -0.3 is 57.2 Å². The van der Waals surface area contributed by atoms with Crippen molar-refractivity contribution in [3.05, 3.63) is 0 Å². The van der Waals surface area contributed by atoms with Crippen LogP contribution in [0.3, 0.4) is 0 Å². The summed E-state index contributed by atoms with van der Waals surface area (Å²) in [6, 6.07) is 0. The van der Waals surface area contributed by atoms with Crippen molar-refractivity contribution < 1.29 is 57.2 Å². The van der Waals surface area contributed by atoms with E-state index in [1.54, 1.807) is 0 Å².